The highest BCUT2D eigenvalue weighted by Crippen LogP contribution is 2.19. The summed E-state index contributed by atoms with van der Waals surface area (Å²) in [6.45, 7) is 7.95. The van der Waals surface area contributed by atoms with E-state index in [0.29, 0.717) is 6.54 Å². The first-order valence-electron chi connectivity index (χ1n) is 7.84. The monoisotopic (exact) mass is 288 g/mol. The maximum Gasteiger partial charge on any atom is 0.237 e. The third-order valence-corrected chi connectivity index (χ3v) is 4.34. The van der Waals surface area contributed by atoms with Crippen LogP contribution in [0.5, 0.6) is 0 Å². The van der Waals surface area contributed by atoms with E-state index in [1.165, 1.54) is 11.1 Å². The van der Waals surface area contributed by atoms with E-state index < -0.39 is 0 Å². The first kappa shape index (κ1) is 14.5. The topological polar surface area (TPSA) is 32.8 Å². The number of carbonyl (C=O) groups excluding carboxylic acids is 1. The smallest absolute Gasteiger partial charge is 0.237 e. The molecule has 114 valence electrons. The first-order chi connectivity index (χ1) is 10.1. The van der Waals surface area contributed by atoms with Gasteiger partial charge in [0.2, 0.25) is 5.91 Å². The molecule has 0 N–H and O–H groups in total. The fraction of sp³-hybridized carbons (Fsp3) is 0.588. The van der Waals surface area contributed by atoms with E-state index in [4.69, 9.17) is 4.74 Å². The molecule has 4 heteroatoms. The van der Waals surface area contributed by atoms with Crippen LogP contribution in [0.1, 0.15) is 25.0 Å². The van der Waals surface area contributed by atoms with Gasteiger partial charge in [0.15, 0.2) is 0 Å². The van der Waals surface area contributed by atoms with Crippen molar-refractivity contribution in [2.45, 2.75) is 39.0 Å². The second-order valence-corrected chi connectivity index (χ2v) is 6.29. The second-order valence-electron chi connectivity index (χ2n) is 6.29. The molecule has 2 aliphatic heterocycles. The molecule has 4 nitrogen and oxygen atoms in total. The minimum absolute atomic E-state index is 0.212. The van der Waals surface area contributed by atoms with Crippen molar-refractivity contribution in [2.75, 3.05) is 26.2 Å². The molecular formula is C17H24N2O2. The van der Waals surface area contributed by atoms with Gasteiger partial charge >= 0.3 is 0 Å². The Morgan fingerprint density at radius 2 is 1.86 bits per heavy atom. The molecule has 2 atom stereocenters. The number of morpholine rings is 1. The Hall–Kier alpha value is -1.39. The van der Waals surface area contributed by atoms with Crippen molar-refractivity contribution in [1.29, 1.82) is 0 Å². The average Bonchev–Trinajstić information content (AvgIpc) is 2.45. The molecule has 0 saturated carbocycles. The molecular weight excluding hydrogens is 264 g/mol. The quantitative estimate of drug-likeness (QED) is 0.830. The Morgan fingerprint density at radius 1 is 1.19 bits per heavy atom. The van der Waals surface area contributed by atoms with Gasteiger partial charge in [0, 0.05) is 26.2 Å². The fourth-order valence-electron chi connectivity index (χ4n) is 3.41. The zero-order valence-electron chi connectivity index (χ0n) is 12.9. The van der Waals surface area contributed by atoms with E-state index >= 15 is 0 Å². The zero-order valence-corrected chi connectivity index (χ0v) is 12.9. The van der Waals surface area contributed by atoms with E-state index in [2.05, 4.69) is 43.0 Å². The largest absolute Gasteiger partial charge is 0.373 e. The van der Waals surface area contributed by atoms with Gasteiger partial charge in [-0.05, 0) is 31.4 Å². The van der Waals surface area contributed by atoms with Gasteiger partial charge in [0.05, 0.1) is 18.8 Å². The molecule has 3 rings (SSSR count). The molecule has 2 heterocycles. The summed E-state index contributed by atoms with van der Waals surface area (Å²) in [5, 5.41) is 0. The lowest BCUT2D eigenvalue weighted by atomic mass is 10.00. The number of fused-ring (bicyclic) bond motifs is 1. The molecule has 21 heavy (non-hydrogen) atoms. The van der Waals surface area contributed by atoms with Gasteiger partial charge in [0.1, 0.15) is 0 Å². The van der Waals surface area contributed by atoms with Crippen LogP contribution in [0.15, 0.2) is 24.3 Å². The van der Waals surface area contributed by atoms with Crippen LogP contribution in [0.3, 0.4) is 0 Å². The number of hydrogen-bond acceptors (Lipinski definition) is 3. The van der Waals surface area contributed by atoms with Crippen LogP contribution in [-0.2, 0) is 22.5 Å². The van der Waals surface area contributed by atoms with Crippen molar-refractivity contribution in [2.24, 2.45) is 0 Å². The Labute approximate surface area is 126 Å². The summed E-state index contributed by atoms with van der Waals surface area (Å²) in [7, 11) is 0. The molecule has 0 unspecified atom stereocenters. The third kappa shape index (κ3) is 3.44. The second kappa shape index (κ2) is 6.16. The van der Waals surface area contributed by atoms with Crippen molar-refractivity contribution in [3.63, 3.8) is 0 Å². The molecule has 0 radical (unpaired) electrons. The Balaban J connectivity index is 1.59. The molecule has 1 aromatic carbocycles. The van der Waals surface area contributed by atoms with E-state index in [-0.39, 0.29) is 18.1 Å². The summed E-state index contributed by atoms with van der Waals surface area (Å²) < 4.78 is 5.72. The molecule has 0 spiro atoms. The highest BCUT2D eigenvalue weighted by atomic mass is 16.5. The Kier molecular flexibility index (Phi) is 4.27. The highest BCUT2D eigenvalue weighted by Gasteiger charge is 2.26. The summed E-state index contributed by atoms with van der Waals surface area (Å²) in [4.78, 5) is 16.7. The third-order valence-electron chi connectivity index (χ3n) is 4.34. The van der Waals surface area contributed by atoms with E-state index in [0.717, 1.165) is 32.6 Å². The molecule has 1 saturated heterocycles. The number of ether oxygens (including phenoxy) is 1. The lowest BCUT2D eigenvalue weighted by Crippen LogP contribution is -2.50. The van der Waals surface area contributed by atoms with Crippen molar-refractivity contribution in [3.8, 4) is 0 Å². The minimum Gasteiger partial charge on any atom is -0.373 e. The zero-order chi connectivity index (χ0) is 14.8. The summed E-state index contributed by atoms with van der Waals surface area (Å²) in [5.41, 5.74) is 2.68. The number of benzene rings is 1. The van der Waals surface area contributed by atoms with Crippen molar-refractivity contribution < 1.29 is 9.53 Å². The van der Waals surface area contributed by atoms with Crippen LogP contribution >= 0.6 is 0 Å². The normalized spacial score (nSPS) is 26.5. The summed E-state index contributed by atoms with van der Waals surface area (Å²) >= 11 is 0. The molecule has 1 aromatic rings. The Bertz CT molecular complexity index is 507. The van der Waals surface area contributed by atoms with E-state index in [1.807, 2.05) is 4.90 Å². The lowest BCUT2D eigenvalue weighted by molar-refractivity contribution is -0.136. The molecule has 2 aliphatic rings. The van der Waals surface area contributed by atoms with Crippen molar-refractivity contribution in [1.82, 2.24) is 9.80 Å². The van der Waals surface area contributed by atoms with E-state index in [1.54, 1.807) is 0 Å². The van der Waals surface area contributed by atoms with Crippen LogP contribution in [-0.4, -0.2) is 54.1 Å². The van der Waals surface area contributed by atoms with Gasteiger partial charge in [-0.1, -0.05) is 24.3 Å². The van der Waals surface area contributed by atoms with Crippen LogP contribution in [0.2, 0.25) is 0 Å². The summed E-state index contributed by atoms with van der Waals surface area (Å²) in [6.07, 6.45) is 1.39. The Morgan fingerprint density at radius 3 is 2.57 bits per heavy atom. The van der Waals surface area contributed by atoms with Gasteiger partial charge in [-0.25, -0.2) is 0 Å². The standard InChI is InChI=1S/C17H24N2O2/c1-13-9-18(10-14(2)21-13)12-17(20)19-8-7-15-5-3-4-6-16(15)11-19/h3-6,13-14H,7-12H2,1-2H3/t13-,14+. The number of hydrogen-bond donors (Lipinski definition) is 0. The minimum atomic E-state index is 0.212. The number of carbonyl (C=O) groups is 1. The number of nitrogens with zero attached hydrogens (tertiary/aromatic N) is 2. The molecule has 1 fully saturated rings. The summed E-state index contributed by atoms with van der Waals surface area (Å²) in [5.74, 6) is 0.241. The SMILES string of the molecule is C[C@@H]1CN(CC(=O)N2CCc3ccccc3C2)C[C@H](C)O1. The van der Waals surface area contributed by atoms with E-state index in [9.17, 15) is 4.79 Å². The molecule has 0 bridgehead atoms. The fourth-order valence-corrected chi connectivity index (χ4v) is 3.41. The van der Waals surface area contributed by atoms with Crippen LogP contribution in [0.4, 0.5) is 0 Å². The first-order valence-corrected chi connectivity index (χ1v) is 7.84. The molecule has 0 aromatic heterocycles. The maximum atomic E-state index is 12.5. The van der Waals surface area contributed by atoms with Crippen LogP contribution < -0.4 is 0 Å². The van der Waals surface area contributed by atoms with Gasteiger partial charge in [-0.3, -0.25) is 9.69 Å². The predicted octanol–water partition coefficient (Wildman–Crippen LogP) is 1.68. The van der Waals surface area contributed by atoms with Gasteiger partial charge < -0.3 is 9.64 Å². The summed E-state index contributed by atoms with van der Waals surface area (Å²) in [6, 6.07) is 8.43. The van der Waals surface area contributed by atoms with Crippen LogP contribution in [0, 0.1) is 0 Å². The number of amides is 1. The molecule has 0 aliphatic carbocycles. The highest BCUT2D eigenvalue weighted by molar-refractivity contribution is 5.78. The van der Waals surface area contributed by atoms with Gasteiger partial charge in [0.25, 0.3) is 0 Å². The number of rotatable bonds is 2. The lowest BCUT2D eigenvalue weighted by Gasteiger charge is -2.36. The predicted molar refractivity (Wildman–Crippen MR) is 82.0 cm³/mol. The molecule has 1 amide bonds. The van der Waals surface area contributed by atoms with Crippen LogP contribution in [0.25, 0.3) is 0 Å². The van der Waals surface area contributed by atoms with Crippen molar-refractivity contribution >= 4 is 5.91 Å². The van der Waals surface area contributed by atoms with Crippen molar-refractivity contribution in [3.05, 3.63) is 35.4 Å². The van der Waals surface area contributed by atoms with Gasteiger partial charge in [-0.15, -0.1) is 0 Å². The average molecular weight is 288 g/mol. The maximum absolute atomic E-state index is 12.5. The van der Waals surface area contributed by atoms with Gasteiger partial charge in [-0.2, -0.15) is 0 Å².